The number of hydrogen-bond acceptors (Lipinski definition) is 9. The van der Waals surface area contributed by atoms with E-state index in [4.69, 9.17) is 14.2 Å². The van der Waals surface area contributed by atoms with Gasteiger partial charge in [0.05, 0.1) is 32.3 Å². The summed E-state index contributed by atoms with van der Waals surface area (Å²) in [5.41, 5.74) is 1.62. The van der Waals surface area contributed by atoms with Gasteiger partial charge in [-0.2, -0.15) is 10.2 Å². The van der Waals surface area contributed by atoms with Crippen LogP contribution in [0.3, 0.4) is 0 Å². The van der Waals surface area contributed by atoms with Gasteiger partial charge < -0.3 is 14.2 Å². The maximum atomic E-state index is 12.2. The Bertz CT molecular complexity index is 994. The Kier molecular flexibility index (Phi) is 8.47. The number of H-pyrrole nitrogens is 2. The lowest BCUT2D eigenvalue weighted by Crippen LogP contribution is -2.30. The van der Waals surface area contributed by atoms with Crippen molar-refractivity contribution in [2.75, 3.05) is 20.8 Å². The summed E-state index contributed by atoms with van der Waals surface area (Å²) < 4.78 is 16.4. The van der Waals surface area contributed by atoms with Crippen molar-refractivity contribution >= 4 is 23.9 Å². The third-order valence-corrected chi connectivity index (χ3v) is 4.73. The minimum absolute atomic E-state index is 0.0293. The molecule has 12 heteroatoms. The number of rotatable bonds is 10. The van der Waals surface area contributed by atoms with Gasteiger partial charge in [-0.3, -0.25) is 14.6 Å². The highest BCUT2D eigenvalue weighted by atomic mass is 32.2. The largest absolute Gasteiger partial charge is 0.493 e. The molecule has 0 fully saturated rings. The average molecular weight is 437 g/mol. The van der Waals surface area contributed by atoms with Gasteiger partial charge in [0.1, 0.15) is 0 Å². The average Bonchev–Trinajstić information content (AvgIpc) is 2.73. The summed E-state index contributed by atoms with van der Waals surface area (Å²) in [5.74, 6) is 0.989. The predicted molar refractivity (Wildman–Crippen MR) is 112 cm³/mol. The number of ether oxygens (including phenoxy) is 3. The molecule has 0 radical (unpaired) electrons. The second kappa shape index (κ2) is 11.0. The molecule has 1 aromatic heterocycles. The lowest BCUT2D eigenvalue weighted by molar-refractivity contribution is -0.120. The van der Waals surface area contributed by atoms with Crippen LogP contribution in [0.15, 0.2) is 31.8 Å². The molecule has 2 rings (SSSR count). The molecule has 1 unspecified atom stereocenters. The molecule has 1 aromatic carbocycles. The summed E-state index contributed by atoms with van der Waals surface area (Å²) in [5, 5.41) is 8.95. The lowest BCUT2D eigenvalue weighted by Gasteiger charge is -2.14. The van der Waals surface area contributed by atoms with Gasteiger partial charge in [0.15, 0.2) is 16.5 Å². The van der Waals surface area contributed by atoms with Crippen LogP contribution in [0.2, 0.25) is 0 Å². The first-order valence-electron chi connectivity index (χ1n) is 8.97. The number of nitrogens with one attached hydrogen (secondary N) is 3. The number of carbonyl (C=O) groups is 1. The second-order valence-corrected chi connectivity index (χ2v) is 7.24. The van der Waals surface area contributed by atoms with E-state index in [2.05, 4.69) is 20.7 Å². The number of nitrogens with zero attached hydrogens (tertiary/aromatic N) is 2. The molecule has 0 aliphatic heterocycles. The maximum absolute atomic E-state index is 12.2. The molecule has 0 saturated carbocycles. The lowest BCUT2D eigenvalue weighted by atomic mass is 10.2. The fourth-order valence-corrected chi connectivity index (χ4v) is 2.97. The molecule has 0 aliphatic carbocycles. The number of aromatic nitrogens is 3. The highest BCUT2D eigenvalue weighted by Crippen LogP contribution is 2.38. The van der Waals surface area contributed by atoms with Crippen LogP contribution in [-0.2, 0) is 4.79 Å². The fraction of sp³-hybridized carbons (Fsp3) is 0.389. The molecule has 0 spiro atoms. The molecule has 0 aliphatic rings. The van der Waals surface area contributed by atoms with Crippen molar-refractivity contribution in [3.8, 4) is 17.2 Å². The topological polar surface area (TPSA) is 148 Å². The normalized spacial score (nSPS) is 11.9. The Hall–Kier alpha value is -3.28. The van der Waals surface area contributed by atoms with E-state index in [1.165, 1.54) is 20.4 Å². The van der Waals surface area contributed by atoms with Crippen LogP contribution in [0.5, 0.6) is 17.2 Å². The summed E-state index contributed by atoms with van der Waals surface area (Å²) in [6.07, 6.45) is 2.26. The molecular formula is C18H23N5O6S. The van der Waals surface area contributed by atoms with Gasteiger partial charge in [-0.05, 0) is 25.5 Å². The first-order chi connectivity index (χ1) is 14.4. The molecule has 30 heavy (non-hydrogen) atoms. The smallest absolute Gasteiger partial charge is 0.342 e. The summed E-state index contributed by atoms with van der Waals surface area (Å²) in [7, 11) is 3.03. The number of aromatic amines is 2. The third kappa shape index (κ3) is 6.11. The Balaban J connectivity index is 2.07. The molecule has 1 amide bonds. The van der Waals surface area contributed by atoms with Crippen molar-refractivity contribution in [1.29, 1.82) is 0 Å². The number of benzene rings is 1. The molecule has 3 N–H and O–H groups in total. The van der Waals surface area contributed by atoms with Crippen LogP contribution in [0, 0.1) is 0 Å². The van der Waals surface area contributed by atoms with Gasteiger partial charge in [-0.1, -0.05) is 18.7 Å². The van der Waals surface area contributed by atoms with Crippen LogP contribution >= 0.6 is 11.8 Å². The van der Waals surface area contributed by atoms with E-state index >= 15 is 0 Å². The predicted octanol–water partition coefficient (Wildman–Crippen LogP) is 0.895. The summed E-state index contributed by atoms with van der Waals surface area (Å²) in [6, 6.07) is 3.40. The molecule has 0 bridgehead atoms. The summed E-state index contributed by atoms with van der Waals surface area (Å²) in [6.45, 7) is 4.08. The van der Waals surface area contributed by atoms with Crippen molar-refractivity contribution in [3.05, 3.63) is 38.5 Å². The van der Waals surface area contributed by atoms with E-state index in [1.54, 1.807) is 19.1 Å². The monoisotopic (exact) mass is 437 g/mol. The Morgan fingerprint density at radius 2 is 1.97 bits per heavy atom. The van der Waals surface area contributed by atoms with E-state index in [-0.39, 0.29) is 5.03 Å². The Labute approximate surface area is 176 Å². The van der Waals surface area contributed by atoms with Gasteiger partial charge in [0.2, 0.25) is 5.75 Å². The molecular weight excluding hydrogens is 414 g/mol. The highest BCUT2D eigenvalue weighted by Gasteiger charge is 2.17. The number of thioether (sulfide) groups is 1. The summed E-state index contributed by atoms with van der Waals surface area (Å²) >= 11 is 0.887. The van der Waals surface area contributed by atoms with E-state index in [9.17, 15) is 14.4 Å². The molecule has 1 heterocycles. The zero-order chi connectivity index (χ0) is 22.1. The van der Waals surface area contributed by atoms with Crippen molar-refractivity contribution in [2.24, 2.45) is 5.10 Å². The first-order valence-corrected chi connectivity index (χ1v) is 9.84. The van der Waals surface area contributed by atoms with Crippen LogP contribution in [0.4, 0.5) is 0 Å². The zero-order valence-corrected chi connectivity index (χ0v) is 17.8. The second-order valence-electron chi connectivity index (χ2n) is 5.91. The maximum Gasteiger partial charge on any atom is 0.342 e. The van der Waals surface area contributed by atoms with E-state index < -0.39 is 22.4 Å². The number of amides is 1. The van der Waals surface area contributed by atoms with Crippen molar-refractivity contribution in [1.82, 2.24) is 20.6 Å². The minimum Gasteiger partial charge on any atom is -0.493 e. The molecule has 0 saturated heterocycles. The fourth-order valence-electron chi connectivity index (χ4n) is 2.22. The van der Waals surface area contributed by atoms with Crippen molar-refractivity contribution in [3.63, 3.8) is 0 Å². The van der Waals surface area contributed by atoms with E-state index in [0.29, 0.717) is 29.4 Å². The highest BCUT2D eigenvalue weighted by molar-refractivity contribution is 8.00. The van der Waals surface area contributed by atoms with Crippen LogP contribution in [-0.4, -0.2) is 53.4 Å². The van der Waals surface area contributed by atoms with Crippen LogP contribution in [0.1, 0.15) is 25.8 Å². The van der Waals surface area contributed by atoms with Gasteiger partial charge in [-0.15, -0.1) is 0 Å². The quantitative estimate of drug-likeness (QED) is 0.282. The van der Waals surface area contributed by atoms with Crippen molar-refractivity contribution < 1.29 is 19.0 Å². The number of carbonyl (C=O) groups excluding carboxylic acids is 1. The van der Waals surface area contributed by atoms with Gasteiger partial charge in [0, 0.05) is 5.56 Å². The number of hydrogen-bond donors (Lipinski definition) is 3. The molecule has 162 valence electrons. The standard InChI is InChI=1S/C18H23N5O6S/c1-5-6-29-14-12(27-3)7-11(8-13(14)28-4)9-19-21-15(24)10(2)30-17-16(25)20-18(26)23-22-17/h7-10H,5-6H2,1-4H3,(H,21,24)(H2,20,23,25,26)/b19-9+. The summed E-state index contributed by atoms with van der Waals surface area (Å²) in [4.78, 5) is 36.9. The Morgan fingerprint density at radius 1 is 1.30 bits per heavy atom. The molecule has 11 nitrogen and oxygen atoms in total. The molecule has 2 aromatic rings. The first kappa shape index (κ1) is 23.0. The van der Waals surface area contributed by atoms with Crippen molar-refractivity contribution in [2.45, 2.75) is 30.5 Å². The van der Waals surface area contributed by atoms with Crippen LogP contribution < -0.4 is 30.9 Å². The van der Waals surface area contributed by atoms with Gasteiger partial charge in [0.25, 0.3) is 11.5 Å². The van der Waals surface area contributed by atoms with Gasteiger partial charge in [-0.25, -0.2) is 15.3 Å². The number of methoxy groups -OCH3 is 2. The number of hydrazone groups is 1. The van der Waals surface area contributed by atoms with Gasteiger partial charge >= 0.3 is 5.69 Å². The zero-order valence-electron chi connectivity index (χ0n) is 17.0. The minimum atomic E-state index is -0.719. The van der Waals surface area contributed by atoms with Crippen LogP contribution in [0.25, 0.3) is 0 Å². The molecule has 1 atom stereocenters. The SMILES string of the molecule is CCCOc1c(OC)cc(/C=N/NC(=O)C(C)Sc2n[nH]c(=O)[nH]c2=O)cc1OC. The Morgan fingerprint density at radius 3 is 2.53 bits per heavy atom. The van der Waals surface area contributed by atoms with E-state index in [1.807, 2.05) is 11.9 Å². The van der Waals surface area contributed by atoms with E-state index in [0.717, 1.165) is 18.2 Å². The third-order valence-electron chi connectivity index (χ3n) is 3.66.